The van der Waals surface area contributed by atoms with Crippen LogP contribution in [0.1, 0.15) is 26.7 Å². The van der Waals surface area contributed by atoms with Crippen LogP contribution in [0, 0.1) is 11.3 Å². The van der Waals surface area contributed by atoms with Crippen LogP contribution in [-0.4, -0.2) is 24.2 Å². The van der Waals surface area contributed by atoms with Crippen LogP contribution in [0.15, 0.2) is 0 Å². The molecule has 0 aliphatic carbocycles. The van der Waals surface area contributed by atoms with Crippen LogP contribution in [0.3, 0.4) is 0 Å². The summed E-state index contributed by atoms with van der Waals surface area (Å²) in [4.78, 5) is 11.7. The molecule has 3 aliphatic heterocycles. The summed E-state index contributed by atoms with van der Waals surface area (Å²) in [6.07, 6.45) is 2.49. The molecule has 72 valence electrons. The Balaban J connectivity index is 2.10. The highest BCUT2D eigenvalue weighted by atomic mass is 16.5. The Labute approximate surface area is 77.8 Å². The van der Waals surface area contributed by atoms with Crippen molar-refractivity contribution < 1.29 is 9.53 Å². The molecule has 0 aromatic rings. The quantitative estimate of drug-likeness (QED) is 0.597. The number of carbonyl (C=O) groups is 1. The lowest BCUT2D eigenvalue weighted by Crippen LogP contribution is -2.42. The van der Waals surface area contributed by atoms with Gasteiger partial charge in [-0.05, 0) is 12.8 Å². The number of hydrogen-bond donors (Lipinski definition) is 1. The number of nitrogens with one attached hydrogen (secondary N) is 1. The second-order valence-corrected chi connectivity index (χ2v) is 5.18. The summed E-state index contributed by atoms with van der Waals surface area (Å²) in [6.45, 7) is 5.05. The van der Waals surface area contributed by atoms with Crippen molar-refractivity contribution in [1.82, 2.24) is 5.32 Å². The summed E-state index contributed by atoms with van der Waals surface area (Å²) >= 11 is 0. The van der Waals surface area contributed by atoms with E-state index >= 15 is 0 Å². The van der Waals surface area contributed by atoms with Gasteiger partial charge in [0.1, 0.15) is 0 Å². The molecule has 0 radical (unpaired) electrons. The van der Waals surface area contributed by atoms with Crippen LogP contribution in [0.25, 0.3) is 0 Å². The molecule has 1 amide bonds. The lowest BCUT2D eigenvalue weighted by molar-refractivity contribution is -0.126. The highest BCUT2D eigenvalue weighted by Gasteiger charge is 2.68. The van der Waals surface area contributed by atoms with Crippen LogP contribution in [0.4, 0.5) is 0 Å². The van der Waals surface area contributed by atoms with E-state index in [9.17, 15) is 4.79 Å². The van der Waals surface area contributed by atoms with Gasteiger partial charge >= 0.3 is 0 Å². The molecule has 3 fully saturated rings. The zero-order valence-electron chi connectivity index (χ0n) is 8.09. The third-order valence-electron chi connectivity index (χ3n) is 4.13. The van der Waals surface area contributed by atoms with Gasteiger partial charge in [-0.1, -0.05) is 13.8 Å². The standard InChI is InChI=1S/C10H15NO2/c1-9(2)6-3-4-10(13-6)5-11-8(12)7(9)10/h6-7H,3-5H2,1-2H3,(H,11,12)/t6-,7-,10-/m0/s1. The molecule has 13 heavy (non-hydrogen) atoms. The van der Waals surface area contributed by atoms with Gasteiger partial charge in [0.15, 0.2) is 0 Å². The molecular weight excluding hydrogens is 166 g/mol. The smallest absolute Gasteiger partial charge is 0.226 e. The minimum absolute atomic E-state index is 0.0405. The predicted molar refractivity (Wildman–Crippen MR) is 47.1 cm³/mol. The molecule has 3 nitrogen and oxygen atoms in total. The van der Waals surface area contributed by atoms with Gasteiger partial charge in [0.25, 0.3) is 0 Å². The molecule has 2 bridgehead atoms. The van der Waals surface area contributed by atoms with Gasteiger partial charge in [0.2, 0.25) is 5.91 Å². The first-order valence-electron chi connectivity index (χ1n) is 5.02. The fraction of sp³-hybridized carbons (Fsp3) is 0.900. The molecule has 0 aromatic heterocycles. The van der Waals surface area contributed by atoms with E-state index in [4.69, 9.17) is 4.74 Å². The van der Waals surface area contributed by atoms with Crippen LogP contribution >= 0.6 is 0 Å². The van der Waals surface area contributed by atoms with Crippen LogP contribution in [0.5, 0.6) is 0 Å². The maximum absolute atomic E-state index is 11.7. The van der Waals surface area contributed by atoms with Crippen molar-refractivity contribution in [3.05, 3.63) is 0 Å². The predicted octanol–water partition coefficient (Wildman–Crippen LogP) is 0.690. The second kappa shape index (κ2) is 1.92. The van der Waals surface area contributed by atoms with E-state index in [-0.39, 0.29) is 22.8 Å². The molecular formula is C10H15NO2. The molecule has 3 rings (SSSR count). The van der Waals surface area contributed by atoms with Gasteiger partial charge in [-0.3, -0.25) is 4.79 Å². The van der Waals surface area contributed by atoms with Crippen LogP contribution in [-0.2, 0) is 9.53 Å². The van der Waals surface area contributed by atoms with Gasteiger partial charge in [-0.25, -0.2) is 0 Å². The molecule has 3 aliphatic rings. The molecule has 1 N–H and O–H groups in total. The van der Waals surface area contributed by atoms with E-state index < -0.39 is 0 Å². The fourth-order valence-corrected chi connectivity index (χ4v) is 3.52. The number of carbonyl (C=O) groups excluding carboxylic acids is 1. The maximum Gasteiger partial charge on any atom is 0.226 e. The summed E-state index contributed by atoms with van der Waals surface area (Å²) in [5.74, 6) is 0.297. The van der Waals surface area contributed by atoms with E-state index in [1.165, 1.54) is 0 Å². The van der Waals surface area contributed by atoms with Crippen molar-refractivity contribution in [3.63, 3.8) is 0 Å². The van der Waals surface area contributed by atoms with E-state index in [0.717, 1.165) is 19.4 Å². The van der Waals surface area contributed by atoms with Crippen LogP contribution < -0.4 is 5.32 Å². The minimum Gasteiger partial charge on any atom is -0.368 e. The molecule has 1 spiro atoms. The van der Waals surface area contributed by atoms with E-state index in [0.29, 0.717) is 6.10 Å². The average Bonchev–Trinajstić information content (AvgIpc) is 2.63. The Morgan fingerprint density at radius 3 is 3.00 bits per heavy atom. The third-order valence-corrected chi connectivity index (χ3v) is 4.13. The van der Waals surface area contributed by atoms with Crippen molar-refractivity contribution in [3.8, 4) is 0 Å². The fourth-order valence-electron chi connectivity index (χ4n) is 3.52. The lowest BCUT2D eigenvalue weighted by atomic mass is 9.65. The number of hydrogen-bond acceptors (Lipinski definition) is 2. The average molecular weight is 181 g/mol. The Kier molecular flexibility index (Phi) is 1.15. The first-order valence-corrected chi connectivity index (χ1v) is 5.02. The normalized spacial score (nSPS) is 50.8. The number of fused-ring (bicyclic) bond motifs is 1. The number of ether oxygens (including phenoxy) is 1. The summed E-state index contributed by atoms with van der Waals surface area (Å²) in [5, 5.41) is 2.93. The van der Waals surface area contributed by atoms with Crippen LogP contribution in [0.2, 0.25) is 0 Å². The summed E-state index contributed by atoms with van der Waals surface area (Å²) in [7, 11) is 0. The summed E-state index contributed by atoms with van der Waals surface area (Å²) in [5.41, 5.74) is -0.0932. The zero-order chi connectivity index (χ0) is 9.27. The third kappa shape index (κ3) is 0.688. The molecule has 3 saturated heterocycles. The lowest BCUT2D eigenvalue weighted by Gasteiger charge is -2.33. The molecule has 0 unspecified atom stereocenters. The SMILES string of the molecule is CC1(C)[C@@H]2CC[C@@]3(CNC(=O)[C@@H]13)O2. The monoisotopic (exact) mass is 181 g/mol. The molecule has 0 aromatic carbocycles. The highest BCUT2D eigenvalue weighted by molar-refractivity contribution is 5.84. The molecule has 3 heteroatoms. The van der Waals surface area contributed by atoms with Crippen molar-refractivity contribution in [1.29, 1.82) is 0 Å². The first kappa shape index (κ1) is 7.80. The highest BCUT2D eigenvalue weighted by Crippen LogP contribution is 2.59. The van der Waals surface area contributed by atoms with Crippen molar-refractivity contribution in [2.45, 2.75) is 38.4 Å². The largest absolute Gasteiger partial charge is 0.368 e. The second-order valence-electron chi connectivity index (χ2n) is 5.18. The number of rotatable bonds is 0. The molecule has 3 atom stereocenters. The van der Waals surface area contributed by atoms with E-state index in [1.807, 2.05) is 0 Å². The van der Waals surface area contributed by atoms with Gasteiger partial charge in [0.05, 0.1) is 17.6 Å². The Morgan fingerprint density at radius 1 is 1.54 bits per heavy atom. The Bertz CT molecular complexity index is 287. The van der Waals surface area contributed by atoms with E-state index in [1.54, 1.807) is 0 Å². The van der Waals surface area contributed by atoms with Crippen molar-refractivity contribution in [2.75, 3.05) is 6.54 Å². The minimum atomic E-state index is -0.134. The van der Waals surface area contributed by atoms with Crippen molar-refractivity contribution >= 4 is 5.91 Å². The summed E-state index contributed by atoms with van der Waals surface area (Å²) in [6, 6.07) is 0. The zero-order valence-corrected chi connectivity index (χ0v) is 8.09. The maximum atomic E-state index is 11.7. The topological polar surface area (TPSA) is 38.3 Å². The Hall–Kier alpha value is -0.570. The molecule has 0 saturated carbocycles. The van der Waals surface area contributed by atoms with Gasteiger partial charge in [-0.2, -0.15) is 0 Å². The number of amides is 1. The van der Waals surface area contributed by atoms with Gasteiger partial charge < -0.3 is 10.1 Å². The Morgan fingerprint density at radius 2 is 2.31 bits per heavy atom. The van der Waals surface area contributed by atoms with Gasteiger partial charge in [0, 0.05) is 12.0 Å². The molecule has 3 heterocycles. The van der Waals surface area contributed by atoms with Gasteiger partial charge in [-0.15, -0.1) is 0 Å². The first-order chi connectivity index (χ1) is 6.06. The van der Waals surface area contributed by atoms with Crippen molar-refractivity contribution in [2.24, 2.45) is 11.3 Å². The van der Waals surface area contributed by atoms with E-state index in [2.05, 4.69) is 19.2 Å². The summed E-state index contributed by atoms with van der Waals surface area (Å²) < 4.78 is 5.99.